The van der Waals surface area contributed by atoms with Gasteiger partial charge in [-0.15, -0.1) is 0 Å². The number of hydrogen-bond acceptors (Lipinski definition) is 4. The van der Waals surface area contributed by atoms with E-state index in [1.54, 1.807) is 25.1 Å². The number of aryl methyl sites for hydroxylation is 1. The van der Waals surface area contributed by atoms with Crippen molar-refractivity contribution in [3.8, 4) is 5.75 Å². The van der Waals surface area contributed by atoms with Crippen LogP contribution in [0.4, 0.5) is 4.39 Å². The highest BCUT2D eigenvalue weighted by Crippen LogP contribution is 2.35. The van der Waals surface area contributed by atoms with E-state index in [1.807, 2.05) is 0 Å². The molecule has 1 heterocycles. The summed E-state index contributed by atoms with van der Waals surface area (Å²) in [6.45, 7) is 5.72. The lowest BCUT2D eigenvalue weighted by Gasteiger charge is -2.16. The van der Waals surface area contributed by atoms with Crippen molar-refractivity contribution in [1.82, 2.24) is 9.88 Å². The van der Waals surface area contributed by atoms with E-state index in [0.29, 0.717) is 22.0 Å². The Morgan fingerprint density at radius 1 is 1.55 bits per heavy atom. The number of H-pyrrole nitrogens is 1. The van der Waals surface area contributed by atoms with Gasteiger partial charge in [0.1, 0.15) is 0 Å². The first-order valence-electron chi connectivity index (χ1n) is 6.80. The summed E-state index contributed by atoms with van der Waals surface area (Å²) in [5.41, 5.74) is 2.40. The Bertz CT molecular complexity index is 737. The Balaban J connectivity index is 2.70. The maximum Gasteiger partial charge on any atom is 0.310 e. The molecule has 0 saturated heterocycles. The first-order chi connectivity index (χ1) is 10.4. The molecule has 5 nitrogen and oxygen atoms in total. The SMILES string of the molecule is C=CN(C)Cc1c(O)c(F)cc2[nH]c(C)c(CC(=O)OC)c12. The van der Waals surface area contributed by atoms with Crippen LogP contribution in [0.5, 0.6) is 5.75 Å². The fourth-order valence-electron chi connectivity index (χ4n) is 2.51. The summed E-state index contributed by atoms with van der Waals surface area (Å²) in [4.78, 5) is 16.4. The number of phenolic OH excluding ortho intramolecular Hbond substituents is 1. The molecule has 2 aromatic rings. The summed E-state index contributed by atoms with van der Waals surface area (Å²) in [7, 11) is 3.08. The molecule has 0 fully saturated rings. The number of hydrogen-bond donors (Lipinski definition) is 2. The third-order valence-electron chi connectivity index (χ3n) is 3.70. The number of carbonyl (C=O) groups excluding carboxylic acids is 1. The quantitative estimate of drug-likeness (QED) is 0.833. The molecule has 0 aliphatic heterocycles. The zero-order valence-corrected chi connectivity index (χ0v) is 12.9. The Kier molecular flexibility index (Phi) is 4.40. The molecule has 0 radical (unpaired) electrons. The maximum absolute atomic E-state index is 13.9. The number of ether oxygens (including phenoxy) is 1. The van der Waals surface area contributed by atoms with E-state index in [4.69, 9.17) is 4.74 Å². The van der Waals surface area contributed by atoms with Gasteiger partial charge in [0.05, 0.1) is 13.5 Å². The normalized spacial score (nSPS) is 10.7. The van der Waals surface area contributed by atoms with Crippen molar-refractivity contribution >= 4 is 16.9 Å². The highest BCUT2D eigenvalue weighted by Gasteiger charge is 2.21. The molecule has 0 aliphatic rings. The van der Waals surface area contributed by atoms with Crippen LogP contribution >= 0.6 is 0 Å². The average Bonchev–Trinajstić information content (AvgIpc) is 2.79. The minimum absolute atomic E-state index is 0.0538. The number of aromatic amines is 1. The van der Waals surface area contributed by atoms with Gasteiger partial charge in [-0.2, -0.15) is 0 Å². The fourth-order valence-corrected chi connectivity index (χ4v) is 2.51. The summed E-state index contributed by atoms with van der Waals surface area (Å²) < 4.78 is 18.6. The van der Waals surface area contributed by atoms with Crippen LogP contribution in [-0.4, -0.2) is 35.1 Å². The summed E-state index contributed by atoms with van der Waals surface area (Å²) in [6, 6.07) is 1.23. The van der Waals surface area contributed by atoms with Gasteiger partial charge in [-0.1, -0.05) is 6.58 Å². The van der Waals surface area contributed by atoms with E-state index < -0.39 is 17.5 Å². The smallest absolute Gasteiger partial charge is 0.310 e. The molecule has 6 heteroatoms. The Hall–Kier alpha value is -2.50. The van der Waals surface area contributed by atoms with Gasteiger partial charge in [-0.3, -0.25) is 4.79 Å². The molecule has 0 spiro atoms. The molecule has 2 rings (SSSR count). The predicted octanol–water partition coefficient (Wildman–Crippen LogP) is 2.61. The highest BCUT2D eigenvalue weighted by molar-refractivity contribution is 5.92. The van der Waals surface area contributed by atoms with Crippen molar-refractivity contribution in [1.29, 1.82) is 0 Å². The third-order valence-corrected chi connectivity index (χ3v) is 3.70. The molecule has 0 unspecified atom stereocenters. The number of fused-ring (bicyclic) bond motifs is 1. The monoisotopic (exact) mass is 306 g/mol. The van der Waals surface area contributed by atoms with E-state index in [0.717, 1.165) is 5.69 Å². The second-order valence-corrected chi connectivity index (χ2v) is 5.19. The first kappa shape index (κ1) is 15.9. The molecule has 118 valence electrons. The standard InChI is InChI=1S/C16H19FN2O3/c1-5-19(3)8-11-15-10(6-14(20)22-4)9(2)18-13(15)7-12(17)16(11)21/h5,7,18,21H,1,6,8H2,2-4H3. The molecule has 22 heavy (non-hydrogen) atoms. The van der Waals surface area contributed by atoms with Gasteiger partial charge >= 0.3 is 5.97 Å². The molecule has 0 amide bonds. The molecule has 0 saturated carbocycles. The van der Waals surface area contributed by atoms with Crippen LogP contribution < -0.4 is 0 Å². The van der Waals surface area contributed by atoms with Crippen molar-refractivity contribution in [2.75, 3.05) is 14.2 Å². The third kappa shape index (κ3) is 2.77. The molecule has 0 bridgehead atoms. The van der Waals surface area contributed by atoms with Crippen molar-refractivity contribution in [2.24, 2.45) is 0 Å². The summed E-state index contributed by atoms with van der Waals surface area (Å²) in [5, 5.41) is 10.7. The molecular weight excluding hydrogens is 287 g/mol. The number of nitrogens with zero attached hydrogens (tertiary/aromatic N) is 1. The minimum Gasteiger partial charge on any atom is -0.505 e. The van der Waals surface area contributed by atoms with Crippen molar-refractivity contribution in [3.63, 3.8) is 0 Å². The van der Waals surface area contributed by atoms with E-state index in [-0.39, 0.29) is 13.0 Å². The molecule has 0 aliphatic carbocycles. The number of aromatic hydroxyl groups is 1. The number of rotatable bonds is 5. The lowest BCUT2D eigenvalue weighted by Crippen LogP contribution is -2.11. The van der Waals surface area contributed by atoms with Gasteiger partial charge in [0, 0.05) is 41.8 Å². The number of aromatic nitrogens is 1. The summed E-state index contributed by atoms with van der Waals surface area (Å²) >= 11 is 0. The second-order valence-electron chi connectivity index (χ2n) is 5.19. The van der Waals surface area contributed by atoms with Crippen LogP contribution in [0.25, 0.3) is 10.9 Å². The number of methoxy groups -OCH3 is 1. The average molecular weight is 306 g/mol. The minimum atomic E-state index is -0.703. The number of carbonyl (C=O) groups is 1. The first-order valence-corrected chi connectivity index (χ1v) is 6.80. The van der Waals surface area contributed by atoms with Crippen LogP contribution in [0.3, 0.4) is 0 Å². The molecule has 1 aromatic carbocycles. The summed E-state index contributed by atoms with van der Waals surface area (Å²) in [6.07, 6.45) is 1.63. The fraction of sp³-hybridized carbons (Fsp3) is 0.312. The maximum atomic E-state index is 13.9. The highest BCUT2D eigenvalue weighted by atomic mass is 19.1. The molecule has 2 N–H and O–H groups in total. The summed E-state index contributed by atoms with van der Waals surface area (Å²) in [5.74, 6) is -1.51. The number of nitrogens with one attached hydrogen (secondary N) is 1. The van der Waals surface area contributed by atoms with Crippen molar-refractivity contribution < 1.29 is 19.0 Å². The molecule has 0 atom stereocenters. The van der Waals surface area contributed by atoms with E-state index >= 15 is 0 Å². The van der Waals surface area contributed by atoms with E-state index in [2.05, 4.69) is 11.6 Å². The van der Waals surface area contributed by atoms with Crippen LogP contribution in [-0.2, 0) is 22.5 Å². The van der Waals surface area contributed by atoms with E-state index in [9.17, 15) is 14.3 Å². The number of halogens is 1. The van der Waals surface area contributed by atoms with Crippen LogP contribution in [0.1, 0.15) is 16.8 Å². The Morgan fingerprint density at radius 2 is 2.23 bits per heavy atom. The number of phenols is 1. The topological polar surface area (TPSA) is 65.6 Å². The second kappa shape index (κ2) is 6.09. The predicted molar refractivity (Wildman–Crippen MR) is 82.0 cm³/mol. The van der Waals surface area contributed by atoms with Crippen LogP contribution in [0.2, 0.25) is 0 Å². The zero-order valence-electron chi connectivity index (χ0n) is 12.9. The number of benzene rings is 1. The lowest BCUT2D eigenvalue weighted by atomic mass is 10.0. The van der Waals surface area contributed by atoms with Gasteiger partial charge in [-0.05, 0) is 18.7 Å². The van der Waals surface area contributed by atoms with Gasteiger partial charge in [0.15, 0.2) is 11.6 Å². The van der Waals surface area contributed by atoms with Crippen LogP contribution in [0, 0.1) is 12.7 Å². The Labute approximate surface area is 128 Å². The van der Waals surface area contributed by atoms with Gasteiger partial charge < -0.3 is 19.7 Å². The van der Waals surface area contributed by atoms with Gasteiger partial charge in [0.2, 0.25) is 0 Å². The molecular formula is C16H19FN2O3. The largest absolute Gasteiger partial charge is 0.505 e. The number of esters is 1. The Morgan fingerprint density at radius 3 is 2.82 bits per heavy atom. The zero-order chi connectivity index (χ0) is 16.4. The van der Waals surface area contributed by atoms with E-state index in [1.165, 1.54) is 13.2 Å². The lowest BCUT2D eigenvalue weighted by molar-refractivity contribution is -0.139. The van der Waals surface area contributed by atoms with Crippen molar-refractivity contribution in [2.45, 2.75) is 19.9 Å². The van der Waals surface area contributed by atoms with Gasteiger partial charge in [-0.25, -0.2) is 4.39 Å². The van der Waals surface area contributed by atoms with Crippen molar-refractivity contribution in [3.05, 3.63) is 41.5 Å². The van der Waals surface area contributed by atoms with Crippen LogP contribution in [0.15, 0.2) is 18.8 Å². The van der Waals surface area contributed by atoms with Gasteiger partial charge in [0.25, 0.3) is 0 Å². The molecule has 1 aromatic heterocycles.